The lowest BCUT2D eigenvalue weighted by molar-refractivity contribution is -0.385. The Bertz CT molecular complexity index is 620. The number of rotatable bonds is 6. The van der Waals surface area contributed by atoms with E-state index < -0.39 is 11.0 Å². The van der Waals surface area contributed by atoms with Gasteiger partial charge in [-0.15, -0.1) is 0 Å². The van der Waals surface area contributed by atoms with Crippen LogP contribution in [0.4, 0.5) is 5.69 Å². The molecule has 2 aromatic carbocycles. The van der Waals surface area contributed by atoms with Crippen molar-refractivity contribution in [2.24, 2.45) is 0 Å². The van der Waals surface area contributed by atoms with Crippen molar-refractivity contribution in [1.29, 1.82) is 0 Å². The molecule has 0 radical (unpaired) electrons. The van der Waals surface area contributed by atoms with Gasteiger partial charge in [0.05, 0.1) is 11.0 Å². The van der Waals surface area contributed by atoms with Gasteiger partial charge in [-0.25, -0.2) is 0 Å². The fourth-order valence-electron chi connectivity index (χ4n) is 2.01. The van der Waals surface area contributed by atoms with Gasteiger partial charge in [-0.05, 0) is 17.7 Å². The third kappa shape index (κ3) is 4.35. The summed E-state index contributed by atoms with van der Waals surface area (Å²) in [6, 6.07) is 14.1. The fraction of sp³-hybridized carbons (Fsp3) is 0.200. The van der Waals surface area contributed by atoms with E-state index in [1.54, 1.807) is 12.1 Å². The van der Waals surface area contributed by atoms with Crippen LogP contribution in [0.1, 0.15) is 17.2 Å². The highest BCUT2D eigenvalue weighted by molar-refractivity contribution is 9.10. The quantitative estimate of drug-likeness (QED) is 0.619. The molecule has 0 amide bonds. The summed E-state index contributed by atoms with van der Waals surface area (Å²) < 4.78 is 0.786. The predicted molar refractivity (Wildman–Crippen MR) is 83.9 cm³/mol. The van der Waals surface area contributed by atoms with Crippen molar-refractivity contribution in [3.8, 4) is 0 Å². The number of nitro groups is 1. The molecule has 0 saturated carbocycles. The summed E-state index contributed by atoms with van der Waals surface area (Å²) in [5.74, 6) is 0. The average Bonchev–Trinajstić information content (AvgIpc) is 2.48. The van der Waals surface area contributed by atoms with Crippen LogP contribution in [0.5, 0.6) is 0 Å². The van der Waals surface area contributed by atoms with Crippen LogP contribution in [-0.2, 0) is 6.54 Å². The van der Waals surface area contributed by atoms with E-state index in [0.717, 1.165) is 10.0 Å². The van der Waals surface area contributed by atoms with Crippen LogP contribution in [-0.4, -0.2) is 16.6 Å². The highest BCUT2D eigenvalue weighted by Gasteiger charge is 2.14. The summed E-state index contributed by atoms with van der Waals surface area (Å²) in [6.07, 6.45) is -0.641. The number of hydrogen-bond acceptors (Lipinski definition) is 4. The maximum Gasteiger partial charge on any atom is 0.273 e. The molecule has 0 aliphatic rings. The monoisotopic (exact) mass is 350 g/mol. The third-order valence-corrected chi connectivity index (χ3v) is 3.57. The number of benzene rings is 2. The summed E-state index contributed by atoms with van der Waals surface area (Å²) in [7, 11) is 0. The molecule has 0 saturated heterocycles. The zero-order valence-electron chi connectivity index (χ0n) is 11.2. The van der Waals surface area contributed by atoms with E-state index in [1.807, 2.05) is 30.3 Å². The second-order valence-corrected chi connectivity index (χ2v) is 5.50. The first-order valence-corrected chi connectivity index (χ1v) is 7.24. The number of nitrogens with one attached hydrogen (secondary N) is 1. The van der Waals surface area contributed by atoms with Gasteiger partial charge >= 0.3 is 0 Å². The van der Waals surface area contributed by atoms with Gasteiger partial charge in [-0.2, -0.15) is 0 Å². The molecule has 2 rings (SSSR count). The molecule has 0 aliphatic carbocycles. The smallest absolute Gasteiger partial charge is 0.273 e. The number of nitrogens with zero attached hydrogens (tertiary/aromatic N) is 1. The SMILES string of the molecule is O=[N+]([O-])c1ccc(Br)cc1CNCC(O)c1ccccc1. The minimum absolute atomic E-state index is 0.0694. The van der Waals surface area contributed by atoms with Gasteiger partial charge in [-0.3, -0.25) is 10.1 Å². The molecule has 21 heavy (non-hydrogen) atoms. The van der Waals surface area contributed by atoms with Crippen LogP contribution in [0.25, 0.3) is 0 Å². The minimum Gasteiger partial charge on any atom is -0.387 e. The molecule has 5 nitrogen and oxygen atoms in total. The van der Waals surface area contributed by atoms with Crippen LogP contribution in [0.3, 0.4) is 0 Å². The molecule has 2 aromatic rings. The maximum atomic E-state index is 11.0. The molecule has 110 valence electrons. The molecule has 0 fully saturated rings. The molecule has 0 spiro atoms. The van der Waals surface area contributed by atoms with E-state index in [1.165, 1.54) is 6.07 Å². The van der Waals surface area contributed by atoms with Gasteiger partial charge in [0.1, 0.15) is 0 Å². The van der Waals surface area contributed by atoms with Crippen molar-refractivity contribution in [3.63, 3.8) is 0 Å². The van der Waals surface area contributed by atoms with Crippen molar-refractivity contribution in [2.45, 2.75) is 12.6 Å². The molecule has 0 heterocycles. The van der Waals surface area contributed by atoms with E-state index in [-0.39, 0.29) is 5.69 Å². The van der Waals surface area contributed by atoms with Gasteiger partial charge in [0.2, 0.25) is 0 Å². The Morgan fingerprint density at radius 2 is 1.95 bits per heavy atom. The number of aliphatic hydroxyl groups is 1. The lowest BCUT2D eigenvalue weighted by Crippen LogP contribution is -2.21. The highest BCUT2D eigenvalue weighted by atomic mass is 79.9. The molecular formula is C15H15BrN2O3. The fourth-order valence-corrected chi connectivity index (χ4v) is 2.42. The van der Waals surface area contributed by atoms with E-state index >= 15 is 0 Å². The standard InChI is InChI=1S/C15H15BrN2O3/c16-13-6-7-14(18(20)21)12(8-13)9-17-10-15(19)11-4-2-1-3-5-11/h1-8,15,17,19H,9-10H2. The van der Waals surface area contributed by atoms with E-state index in [4.69, 9.17) is 0 Å². The Morgan fingerprint density at radius 1 is 1.24 bits per heavy atom. The Labute approximate surface area is 130 Å². The Balaban J connectivity index is 1.97. The first-order valence-electron chi connectivity index (χ1n) is 6.44. The Morgan fingerprint density at radius 3 is 2.62 bits per heavy atom. The van der Waals surface area contributed by atoms with Crippen molar-refractivity contribution in [1.82, 2.24) is 5.32 Å². The van der Waals surface area contributed by atoms with Crippen LogP contribution >= 0.6 is 15.9 Å². The lowest BCUT2D eigenvalue weighted by Gasteiger charge is -2.12. The molecule has 1 unspecified atom stereocenters. The summed E-state index contributed by atoms with van der Waals surface area (Å²) in [5.41, 5.74) is 1.46. The summed E-state index contributed by atoms with van der Waals surface area (Å²) >= 11 is 3.30. The van der Waals surface area contributed by atoms with Gasteiger partial charge in [0.15, 0.2) is 0 Å². The maximum absolute atomic E-state index is 11.0. The van der Waals surface area contributed by atoms with Crippen LogP contribution in [0.15, 0.2) is 53.0 Å². The predicted octanol–water partition coefficient (Wildman–Crippen LogP) is 3.18. The Hall–Kier alpha value is -1.76. The average molecular weight is 351 g/mol. The summed E-state index contributed by atoms with van der Waals surface area (Å²) in [5, 5.41) is 24.0. The third-order valence-electron chi connectivity index (χ3n) is 3.08. The normalized spacial score (nSPS) is 12.1. The first kappa shape index (κ1) is 15.6. The van der Waals surface area contributed by atoms with E-state index in [9.17, 15) is 15.2 Å². The van der Waals surface area contributed by atoms with Crippen LogP contribution in [0.2, 0.25) is 0 Å². The van der Waals surface area contributed by atoms with Gasteiger partial charge < -0.3 is 10.4 Å². The number of halogens is 1. The van der Waals surface area contributed by atoms with Gasteiger partial charge in [0, 0.05) is 29.2 Å². The van der Waals surface area contributed by atoms with Crippen LogP contribution in [0, 0.1) is 10.1 Å². The molecule has 0 aromatic heterocycles. The highest BCUT2D eigenvalue weighted by Crippen LogP contribution is 2.23. The van der Waals surface area contributed by atoms with Gasteiger partial charge in [-0.1, -0.05) is 46.3 Å². The number of hydrogen-bond donors (Lipinski definition) is 2. The van der Waals surface area contributed by atoms with Crippen LogP contribution < -0.4 is 5.32 Å². The first-order chi connectivity index (χ1) is 10.1. The van der Waals surface area contributed by atoms with E-state index in [2.05, 4.69) is 21.2 Å². The van der Waals surface area contributed by atoms with Gasteiger partial charge in [0.25, 0.3) is 5.69 Å². The number of nitro benzene ring substituents is 1. The van der Waals surface area contributed by atoms with Crippen molar-refractivity contribution in [3.05, 3.63) is 74.2 Å². The second-order valence-electron chi connectivity index (χ2n) is 4.59. The summed E-state index contributed by atoms with van der Waals surface area (Å²) in [6.45, 7) is 0.646. The lowest BCUT2D eigenvalue weighted by atomic mass is 10.1. The molecule has 0 bridgehead atoms. The molecule has 2 N–H and O–H groups in total. The molecule has 6 heteroatoms. The minimum atomic E-state index is -0.641. The summed E-state index contributed by atoms with van der Waals surface area (Å²) in [4.78, 5) is 10.6. The Kier molecular flexibility index (Phi) is 5.44. The van der Waals surface area contributed by atoms with Crippen molar-refractivity contribution < 1.29 is 10.0 Å². The zero-order chi connectivity index (χ0) is 15.2. The molecular weight excluding hydrogens is 336 g/mol. The largest absolute Gasteiger partial charge is 0.387 e. The zero-order valence-corrected chi connectivity index (χ0v) is 12.8. The topological polar surface area (TPSA) is 75.4 Å². The molecule has 0 aliphatic heterocycles. The van der Waals surface area contributed by atoms with E-state index in [0.29, 0.717) is 18.7 Å². The molecule has 1 atom stereocenters. The second kappa shape index (κ2) is 7.31. The van der Waals surface area contributed by atoms with Crippen molar-refractivity contribution in [2.75, 3.05) is 6.54 Å². The number of aliphatic hydroxyl groups excluding tert-OH is 1. The van der Waals surface area contributed by atoms with Crippen molar-refractivity contribution >= 4 is 21.6 Å².